The van der Waals surface area contributed by atoms with Gasteiger partial charge >= 0.3 is 10.4 Å². The standard InChI is InChI=1S/C16H30O12S/c1-16(2)26-12-7-25-29(17,18)28-14(12)15(27-16)13(24-10-21-5)11(23-9-20-4)6-22-8-19-3/h11-15H,6-10H2,1-5H3/t11?,12-,13+,14-,15+/m1/s1. The maximum atomic E-state index is 11.9. The normalized spacial score (nSPS) is 30.4. The highest BCUT2D eigenvalue weighted by atomic mass is 32.3. The molecule has 0 spiro atoms. The molecule has 0 amide bonds. The van der Waals surface area contributed by atoms with Gasteiger partial charge < -0.3 is 37.9 Å². The molecule has 0 aromatic carbocycles. The number of ether oxygens (including phenoxy) is 8. The number of fused-ring (bicyclic) bond motifs is 1. The Kier molecular flexibility index (Phi) is 9.63. The zero-order valence-corrected chi connectivity index (χ0v) is 18.0. The van der Waals surface area contributed by atoms with Gasteiger partial charge in [0.2, 0.25) is 0 Å². The van der Waals surface area contributed by atoms with Crippen molar-refractivity contribution in [1.29, 1.82) is 0 Å². The quantitative estimate of drug-likeness (QED) is 0.290. The molecule has 2 fully saturated rings. The Bertz CT molecular complexity index is 582. The molecular weight excluding hydrogens is 416 g/mol. The zero-order chi connectivity index (χ0) is 21.5. The van der Waals surface area contributed by atoms with Crippen LogP contribution in [0.3, 0.4) is 0 Å². The molecule has 1 unspecified atom stereocenters. The van der Waals surface area contributed by atoms with Crippen molar-refractivity contribution < 1.29 is 54.7 Å². The van der Waals surface area contributed by atoms with Crippen LogP contribution in [-0.4, -0.2) is 99.6 Å². The maximum Gasteiger partial charge on any atom is 0.400 e. The third-order valence-electron chi connectivity index (χ3n) is 4.10. The van der Waals surface area contributed by atoms with Gasteiger partial charge in [-0.3, -0.25) is 0 Å². The average Bonchev–Trinajstić information content (AvgIpc) is 2.65. The summed E-state index contributed by atoms with van der Waals surface area (Å²) in [5.41, 5.74) is 0. The SMILES string of the molecule is COCOCC(OCOC)[C@H](OCOC)[C@@H]1OC(C)(C)O[C@@H]2COS(=O)(=O)O[C@@H]12. The first-order valence-electron chi connectivity index (χ1n) is 8.94. The van der Waals surface area contributed by atoms with Gasteiger partial charge in [-0.05, 0) is 13.8 Å². The Balaban J connectivity index is 2.30. The Morgan fingerprint density at radius 3 is 2.31 bits per heavy atom. The summed E-state index contributed by atoms with van der Waals surface area (Å²) in [5, 5.41) is 0. The van der Waals surface area contributed by atoms with E-state index in [-0.39, 0.29) is 33.6 Å². The predicted molar refractivity (Wildman–Crippen MR) is 94.9 cm³/mol. The van der Waals surface area contributed by atoms with Crippen LogP contribution in [0.15, 0.2) is 0 Å². The fraction of sp³-hybridized carbons (Fsp3) is 1.00. The van der Waals surface area contributed by atoms with Crippen molar-refractivity contribution in [1.82, 2.24) is 0 Å². The number of hydrogen-bond acceptors (Lipinski definition) is 12. The summed E-state index contributed by atoms with van der Waals surface area (Å²) in [6, 6.07) is 0. The van der Waals surface area contributed by atoms with Crippen molar-refractivity contribution in [3.8, 4) is 0 Å². The van der Waals surface area contributed by atoms with E-state index >= 15 is 0 Å². The summed E-state index contributed by atoms with van der Waals surface area (Å²) in [5.74, 6) is -1.06. The van der Waals surface area contributed by atoms with Gasteiger partial charge in [-0.1, -0.05) is 0 Å². The summed E-state index contributed by atoms with van der Waals surface area (Å²) in [4.78, 5) is 0. The van der Waals surface area contributed by atoms with Crippen molar-refractivity contribution in [2.24, 2.45) is 0 Å². The van der Waals surface area contributed by atoms with Crippen LogP contribution in [0, 0.1) is 0 Å². The van der Waals surface area contributed by atoms with Crippen LogP contribution >= 0.6 is 0 Å². The van der Waals surface area contributed by atoms with E-state index in [1.54, 1.807) is 13.8 Å². The van der Waals surface area contributed by atoms with E-state index in [0.29, 0.717) is 0 Å². The van der Waals surface area contributed by atoms with Crippen molar-refractivity contribution in [2.75, 3.05) is 54.9 Å². The van der Waals surface area contributed by atoms with E-state index < -0.39 is 46.7 Å². The second kappa shape index (κ2) is 11.2. The minimum absolute atomic E-state index is 0.0226. The predicted octanol–water partition coefficient (Wildman–Crippen LogP) is -0.235. The lowest BCUT2D eigenvalue weighted by molar-refractivity contribution is -0.361. The molecule has 12 nitrogen and oxygen atoms in total. The molecule has 0 aromatic rings. The van der Waals surface area contributed by atoms with Gasteiger partial charge in [-0.25, -0.2) is 8.37 Å². The molecule has 0 saturated carbocycles. The van der Waals surface area contributed by atoms with Gasteiger partial charge in [0, 0.05) is 21.3 Å². The second-order valence-electron chi connectivity index (χ2n) is 6.82. The van der Waals surface area contributed by atoms with Gasteiger partial charge in [0.05, 0.1) is 13.2 Å². The summed E-state index contributed by atoms with van der Waals surface area (Å²) >= 11 is 0. The number of methoxy groups -OCH3 is 3. The lowest BCUT2D eigenvalue weighted by Gasteiger charge is -2.49. The minimum atomic E-state index is -4.20. The molecule has 2 saturated heterocycles. The van der Waals surface area contributed by atoms with Crippen LogP contribution in [0.2, 0.25) is 0 Å². The average molecular weight is 446 g/mol. The van der Waals surface area contributed by atoms with Gasteiger partial charge in [0.25, 0.3) is 0 Å². The van der Waals surface area contributed by atoms with E-state index in [9.17, 15) is 8.42 Å². The van der Waals surface area contributed by atoms with Gasteiger partial charge in [0.15, 0.2) is 5.79 Å². The van der Waals surface area contributed by atoms with E-state index in [2.05, 4.69) is 0 Å². The van der Waals surface area contributed by atoms with Gasteiger partial charge in [0.1, 0.15) is 50.9 Å². The number of hydrogen-bond donors (Lipinski definition) is 0. The molecule has 0 aliphatic carbocycles. The summed E-state index contributed by atoms with van der Waals surface area (Å²) in [6.07, 6.45) is -4.23. The molecule has 5 atom stereocenters. The van der Waals surface area contributed by atoms with Crippen molar-refractivity contribution in [2.45, 2.75) is 50.2 Å². The van der Waals surface area contributed by atoms with E-state index in [1.807, 2.05) is 0 Å². The molecule has 2 aliphatic rings. The summed E-state index contributed by atoms with van der Waals surface area (Å²) in [7, 11) is 0.204. The topological polar surface area (TPSA) is 126 Å². The fourth-order valence-corrected chi connectivity index (χ4v) is 3.94. The van der Waals surface area contributed by atoms with Crippen molar-refractivity contribution >= 4 is 10.4 Å². The molecule has 2 heterocycles. The minimum Gasteiger partial charge on any atom is -0.359 e. The van der Waals surface area contributed by atoms with Crippen molar-refractivity contribution in [3.05, 3.63) is 0 Å². The highest BCUT2D eigenvalue weighted by Crippen LogP contribution is 2.36. The summed E-state index contributed by atoms with van der Waals surface area (Å²) in [6.45, 7) is 3.08. The van der Waals surface area contributed by atoms with E-state index in [0.717, 1.165) is 0 Å². The molecule has 2 rings (SSSR count). The molecule has 0 N–H and O–H groups in total. The Labute approximate surface area is 170 Å². The summed E-state index contributed by atoms with van der Waals surface area (Å²) < 4.78 is 77.3. The van der Waals surface area contributed by atoms with Crippen LogP contribution < -0.4 is 0 Å². The molecule has 0 radical (unpaired) electrons. The Hall–Kier alpha value is -0.450. The zero-order valence-electron chi connectivity index (χ0n) is 17.2. The first kappa shape index (κ1) is 24.8. The first-order chi connectivity index (χ1) is 13.7. The highest BCUT2D eigenvalue weighted by Gasteiger charge is 2.54. The molecular formula is C16H30O12S. The molecule has 29 heavy (non-hydrogen) atoms. The second-order valence-corrected chi connectivity index (χ2v) is 8.06. The van der Waals surface area contributed by atoms with E-state index in [4.69, 9.17) is 46.3 Å². The molecule has 0 bridgehead atoms. The third-order valence-corrected chi connectivity index (χ3v) is 4.99. The van der Waals surface area contributed by atoms with Crippen molar-refractivity contribution in [3.63, 3.8) is 0 Å². The smallest absolute Gasteiger partial charge is 0.359 e. The molecule has 2 aliphatic heterocycles. The molecule has 0 aromatic heterocycles. The lowest BCUT2D eigenvalue weighted by atomic mass is 9.96. The van der Waals surface area contributed by atoms with Crippen LogP contribution in [0.25, 0.3) is 0 Å². The van der Waals surface area contributed by atoms with Crippen LogP contribution in [0.4, 0.5) is 0 Å². The number of rotatable bonds is 12. The Morgan fingerprint density at radius 1 is 1.00 bits per heavy atom. The molecule has 13 heteroatoms. The van der Waals surface area contributed by atoms with Crippen LogP contribution in [-0.2, 0) is 56.7 Å². The lowest BCUT2D eigenvalue weighted by Crippen LogP contribution is -2.65. The third kappa shape index (κ3) is 7.33. The van der Waals surface area contributed by atoms with Gasteiger partial charge in [-0.2, -0.15) is 8.42 Å². The van der Waals surface area contributed by atoms with Crippen LogP contribution in [0.1, 0.15) is 13.8 Å². The first-order valence-corrected chi connectivity index (χ1v) is 10.3. The fourth-order valence-electron chi connectivity index (χ4n) is 3.08. The van der Waals surface area contributed by atoms with Gasteiger partial charge in [-0.15, -0.1) is 0 Å². The maximum absolute atomic E-state index is 11.9. The monoisotopic (exact) mass is 446 g/mol. The van der Waals surface area contributed by atoms with Crippen LogP contribution in [0.5, 0.6) is 0 Å². The molecule has 172 valence electrons. The Morgan fingerprint density at radius 2 is 1.66 bits per heavy atom. The highest BCUT2D eigenvalue weighted by molar-refractivity contribution is 7.81. The largest absolute Gasteiger partial charge is 0.400 e. The van der Waals surface area contributed by atoms with E-state index in [1.165, 1.54) is 21.3 Å².